The van der Waals surface area contributed by atoms with E-state index >= 15 is 0 Å². The van der Waals surface area contributed by atoms with Gasteiger partial charge in [-0.15, -0.1) is 11.3 Å². The maximum Gasteiger partial charge on any atom is 0.402 e. The van der Waals surface area contributed by atoms with Crippen molar-refractivity contribution in [1.82, 2.24) is 14.0 Å². The summed E-state index contributed by atoms with van der Waals surface area (Å²) in [6.45, 7) is 0.294. The van der Waals surface area contributed by atoms with Crippen LogP contribution in [0.15, 0.2) is 42.5 Å². The van der Waals surface area contributed by atoms with E-state index in [9.17, 15) is 26.0 Å². The summed E-state index contributed by atoms with van der Waals surface area (Å²) < 4.78 is 81.4. The lowest BCUT2D eigenvalue weighted by Crippen LogP contribution is -2.52. The fourth-order valence-corrected chi connectivity index (χ4v) is 9.14. The molecule has 3 atom stereocenters. The predicted octanol–water partition coefficient (Wildman–Crippen LogP) is 5.50. The van der Waals surface area contributed by atoms with Crippen molar-refractivity contribution in [3.8, 4) is 21.0 Å². The van der Waals surface area contributed by atoms with Crippen LogP contribution in [0.1, 0.15) is 29.7 Å². The van der Waals surface area contributed by atoms with Gasteiger partial charge in [-0.3, -0.25) is 0 Å². The minimum Gasteiger partial charge on any atom is -0.241 e. The van der Waals surface area contributed by atoms with E-state index in [-0.39, 0.29) is 24.2 Å². The van der Waals surface area contributed by atoms with Crippen LogP contribution < -0.4 is 4.72 Å². The van der Waals surface area contributed by atoms with E-state index < -0.39 is 28.5 Å². The zero-order chi connectivity index (χ0) is 26.2. The highest BCUT2D eigenvalue weighted by atomic mass is 32.2. The first-order chi connectivity index (χ1) is 17.4. The van der Waals surface area contributed by atoms with Crippen molar-refractivity contribution in [2.24, 2.45) is 11.8 Å². The fourth-order valence-electron chi connectivity index (χ4n) is 6.37. The molecule has 6 rings (SSSR count). The lowest BCUT2D eigenvalue weighted by Gasteiger charge is -2.33. The number of alkyl halides is 3. The van der Waals surface area contributed by atoms with Gasteiger partial charge in [-0.05, 0) is 79.3 Å². The van der Waals surface area contributed by atoms with Gasteiger partial charge in [0, 0.05) is 12.1 Å². The number of hydrogen-bond donors (Lipinski definition) is 1. The zero-order valence-electron chi connectivity index (χ0n) is 20.0. The Morgan fingerprint density at radius 1 is 1.05 bits per heavy atom. The summed E-state index contributed by atoms with van der Waals surface area (Å²) in [6, 6.07) is 12.5. The van der Waals surface area contributed by atoms with Crippen molar-refractivity contribution in [3.63, 3.8) is 0 Å². The molecule has 2 fully saturated rings. The third-order valence-electron chi connectivity index (χ3n) is 8.06. The number of nitrogens with one attached hydrogen (secondary N) is 1. The molecule has 1 saturated heterocycles. The maximum absolute atomic E-state index is 13.4. The molecule has 37 heavy (non-hydrogen) atoms. The third-order valence-corrected chi connectivity index (χ3v) is 10.9. The zero-order valence-corrected chi connectivity index (χ0v) is 21.6. The first-order valence-electron chi connectivity index (χ1n) is 12.1. The van der Waals surface area contributed by atoms with Crippen LogP contribution in [-0.2, 0) is 23.1 Å². The van der Waals surface area contributed by atoms with Crippen LogP contribution in [0, 0.1) is 24.6 Å². The fraction of sp³-hybridized carbons (Fsp3) is 0.423. The van der Waals surface area contributed by atoms with E-state index in [0.29, 0.717) is 17.1 Å². The normalized spacial score (nSPS) is 26.9. The molecule has 0 amide bonds. The van der Waals surface area contributed by atoms with Crippen LogP contribution in [0.2, 0.25) is 0 Å². The minimum atomic E-state index is -4.60. The molecule has 2 aromatic carbocycles. The van der Waals surface area contributed by atoms with E-state index in [0.717, 1.165) is 50.7 Å². The maximum atomic E-state index is 13.4. The van der Waals surface area contributed by atoms with Crippen LogP contribution in [0.25, 0.3) is 21.0 Å². The molecule has 11 heteroatoms. The first-order valence-corrected chi connectivity index (χ1v) is 14.4. The monoisotopic (exact) mass is 551 g/mol. The van der Waals surface area contributed by atoms with Crippen LogP contribution >= 0.6 is 11.3 Å². The highest BCUT2D eigenvalue weighted by molar-refractivity contribution is 7.87. The second-order valence-corrected chi connectivity index (χ2v) is 13.0. The summed E-state index contributed by atoms with van der Waals surface area (Å²) in [5.41, 5.74) is 4.00. The number of aromatic nitrogens is 1. The topological polar surface area (TPSA) is 62.3 Å². The molecule has 0 unspecified atom stereocenters. The van der Waals surface area contributed by atoms with Crippen LogP contribution in [0.3, 0.4) is 0 Å². The molecule has 2 bridgehead atoms. The Balaban J connectivity index is 1.31. The molecule has 196 valence electrons. The Morgan fingerprint density at radius 2 is 1.70 bits per heavy atom. The number of nitrogens with zero attached hydrogens (tertiary/aromatic N) is 2. The van der Waals surface area contributed by atoms with E-state index in [4.69, 9.17) is 4.98 Å². The molecule has 1 aliphatic heterocycles. The number of hydrogen-bond acceptors (Lipinski definition) is 4. The number of benzene rings is 2. The van der Waals surface area contributed by atoms with Gasteiger partial charge in [0.05, 0.1) is 16.1 Å². The Bertz CT molecular complexity index is 1470. The van der Waals surface area contributed by atoms with Crippen LogP contribution in [-0.4, -0.2) is 42.5 Å². The smallest absolute Gasteiger partial charge is 0.241 e. The number of fused-ring (bicyclic) bond motifs is 1. The van der Waals surface area contributed by atoms with E-state index in [1.807, 2.05) is 19.1 Å². The molecular formula is C26H25F4N3O2S2. The molecule has 0 radical (unpaired) electrons. The van der Waals surface area contributed by atoms with Crippen molar-refractivity contribution in [2.75, 3.05) is 13.1 Å². The summed E-state index contributed by atoms with van der Waals surface area (Å²) in [6.07, 6.45) is -1.84. The van der Waals surface area contributed by atoms with Gasteiger partial charge in [0.25, 0.3) is 10.2 Å². The predicted molar refractivity (Wildman–Crippen MR) is 134 cm³/mol. The molecular weight excluding hydrogens is 526 g/mol. The van der Waals surface area contributed by atoms with Crippen LogP contribution in [0.4, 0.5) is 17.6 Å². The Kier molecular flexibility index (Phi) is 5.79. The van der Waals surface area contributed by atoms with Crippen LogP contribution in [0.5, 0.6) is 0 Å². The SMILES string of the molecule is Cc1nc(-c2ccc3c(c2)C[C@H]2CC[C@@H](C3)[C@]23CN(CC(F)(F)F)S(=O)(=O)N3)sc1-c1ccc(F)cc1. The van der Waals surface area contributed by atoms with Crippen molar-refractivity contribution < 1.29 is 26.0 Å². The highest BCUT2D eigenvalue weighted by Gasteiger charge is 2.60. The van der Waals surface area contributed by atoms with Gasteiger partial charge in [0.2, 0.25) is 0 Å². The molecule has 1 N–H and O–H groups in total. The van der Waals surface area contributed by atoms with Gasteiger partial charge in [-0.2, -0.15) is 30.6 Å². The van der Waals surface area contributed by atoms with Gasteiger partial charge in [-0.25, -0.2) is 9.37 Å². The Labute approximate surface area is 216 Å². The Morgan fingerprint density at radius 3 is 2.38 bits per heavy atom. The molecule has 1 spiro atoms. The number of aryl methyl sites for hydroxylation is 1. The minimum absolute atomic E-state index is 0.0650. The molecule has 1 saturated carbocycles. The molecule has 1 aromatic heterocycles. The Hall–Kier alpha value is -2.34. The van der Waals surface area contributed by atoms with Crippen molar-refractivity contribution >= 4 is 21.5 Å². The highest BCUT2D eigenvalue weighted by Crippen LogP contribution is 2.51. The third kappa shape index (κ3) is 4.39. The summed E-state index contributed by atoms with van der Waals surface area (Å²) in [7, 11) is -4.21. The van der Waals surface area contributed by atoms with Crippen molar-refractivity contribution in [3.05, 3.63) is 65.1 Å². The molecule has 2 aliphatic carbocycles. The summed E-state index contributed by atoms with van der Waals surface area (Å²) in [5.74, 6) is -0.449. The molecule has 3 aliphatic rings. The lowest BCUT2D eigenvalue weighted by atomic mass is 9.79. The lowest BCUT2D eigenvalue weighted by molar-refractivity contribution is -0.136. The molecule has 3 aromatic rings. The second kappa shape index (κ2) is 8.59. The van der Waals surface area contributed by atoms with E-state index in [2.05, 4.69) is 10.8 Å². The summed E-state index contributed by atoms with van der Waals surface area (Å²) in [5, 5.41) is 0.835. The number of rotatable bonds is 3. The van der Waals surface area contributed by atoms with Gasteiger partial charge >= 0.3 is 6.18 Å². The standard InChI is InChI=1S/C26H25F4N3O2S2/c1-15-23(16-4-8-22(27)9-5-16)36-24(31-15)18-3-2-17-11-20-6-7-21(12-19(17)10-18)25(20)13-33(14-26(28,29)30)37(34,35)32-25/h2-5,8-10,20-21,32H,6-7,11-14H2,1H3/t20-,21+,25+/m0/s1. The number of thiazole rings is 1. The quantitative estimate of drug-likeness (QED) is 0.438. The van der Waals surface area contributed by atoms with E-state index in [1.54, 1.807) is 12.1 Å². The molecule has 2 heterocycles. The van der Waals surface area contributed by atoms with Gasteiger partial charge in [-0.1, -0.05) is 24.3 Å². The number of halogens is 4. The first kappa shape index (κ1) is 25.0. The summed E-state index contributed by atoms with van der Waals surface area (Å²) >= 11 is 1.53. The summed E-state index contributed by atoms with van der Waals surface area (Å²) in [4.78, 5) is 5.72. The van der Waals surface area contributed by atoms with E-state index in [1.165, 1.54) is 23.5 Å². The van der Waals surface area contributed by atoms with Gasteiger partial charge in [0.1, 0.15) is 17.4 Å². The van der Waals surface area contributed by atoms with Gasteiger partial charge in [0.15, 0.2) is 0 Å². The van der Waals surface area contributed by atoms with Crippen molar-refractivity contribution in [1.29, 1.82) is 0 Å². The average Bonchev–Trinajstić information content (AvgIpc) is 3.38. The van der Waals surface area contributed by atoms with Crippen molar-refractivity contribution in [2.45, 2.75) is 44.3 Å². The average molecular weight is 552 g/mol. The second-order valence-electron chi connectivity index (χ2n) is 10.3. The molecule has 5 nitrogen and oxygen atoms in total. The van der Waals surface area contributed by atoms with Gasteiger partial charge < -0.3 is 0 Å². The largest absolute Gasteiger partial charge is 0.402 e.